The summed E-state index contributed by atoms with van der Waals surface area (Å²) >= 11 is 0. The van der Waals surface area contributed by atoms with Gasteiger partial charge in [0.25, 0.3) is 0 Å². The first kappa shape index (κ1) is 21.9. The molecule has 0 aliphatic carbocycles. The number of nitrogens with zero attached hydrogens (tertiary/aromatic N) is 1. The van der Waals surface area contributed by atoms with Crippen molar-refractivity contribution in [1.82, 2.24) is 0 Å². The molecule has 2 aromatic rings. The minimum atomic E-state index is -3.35. The van der Waals surface area contributed by atoms with Crippen molar-refractivity contribution in [3.63, 3.8) is 0 Å². The van der Waals surface area contributed by atoms with Gasteiger partial charge in [0.15, 0.2) is 11.5 Å². The number of ether oxygens (including phenoxy) is 3. The lowest BCUT2D eigenvalue weighted by molar-refractivity contribution is -0.118. The number of sulfonamides is 1. The fraction of sp³-hybridized carbons (Fsp3) is 0.364. The number of fused-ring (bicyclic) bond motifs is 1. The van der Waals surface area contributed by atoms with E-state index in [1.165, 1.54) is 18.5 Å². The first-order chi connectivity index (χ1) is 15.3. The Morgan fingerprint density at radius 3 is 2.72 bits per heavy atom. The molecule has 1 N–H and O–H groups in total. The summed E-state index contributed by atoms with van der Waals surface area (Å²) < 4.78 is 42.0. The Morgan fingerprint density at radius 2 is 2.00 bits per heavy atom. The molecule has 170 valence electrons. The second-order valence-corrected chi connectivity index (χ2v) is 9.57. The number of hydrogen-bond donors (Lipinski definition) is 1. The molecule has 1 atom stereocenters. The quantitative estimate of drug-likeness (QED) is 0.660. The zero-order chi connectivity index (χ0) is 22.9. The fourth-order valence-corrected chi connectivity index (χ4v) is 5.65. The highest BCUT2D eigenvalue weighted by molar-refractivity contribution is 7.92. The van der Waals surface area contributed by atoms with Gasteiger partial charge in [0.05, 0.1) is 32.1 Å². The lowest BCUT2D eigenvalue weighted by Gasteiger charge is -2.28. The maximum absolute atomic E-state index is 12.7. The summed E-state index contributed by atoms with van der Waals surface area (Å²) in [5.74, 6) is -0.161. The third-order valence-corrected chi connectivity index (χ3v) is 7.39. The van der Waals surface area contributed by atoms with Gasteiger partial charge in [-0.15, -0.1) is 0 Å². The number of rotatable bonds is 6. The molecule has 0 saturated carbocycles. The number of methoxy groups -OCH3 is 2. The molecule has 0 spiro atoms. The molecule has 9 nitrogen and oxygen atoms in total. The van der Waals surface area contributed by atoms with E-state index in [1.54, 1.807) is 36.4 Å². The van der Waals surface area contributed by atoms with Crippen molar-refractivity contribution >= 4 is 33.3 Å². The monoisotopic (exact) mass is 460 g/mol. The van der Waals surface area contributed by atoms with Crippen LogP contribution >= 0.6 is 0 Å². The molecule has 10 heteroatoms. The van der Waals surface area contributed by atoms with E-state index in [-0.39, 0.29) is 29.4 Å². The molecule has 1 fully saturated rings. The van der Waals surface area contributed by atoms with Crippen LogP contribution in [0.4, 0.5) is 11.4 Å². The third kappa shape index (κ3) is 4.10. The van der Waals surface area contributed by atoms with Gasteiger partial charge >= 0.3 is 5.97 Å². The van der Waals surface area contributed by atoms with Crippen LogP contribution in [0.15, 0.2) is 36.4 Å². The molecule has 1 amide bonds. The summed E-state index contributed by atoms with van der Waals surface area (Å²) in [5, 5.41) is 2.76. The van der Waals surface area contributed by atoms with Crippen molar-refractivity contribution in [2.45, 2.75) is 25.4 Å². The van der Waals surface area contributed by atoms with E-state index < -0.39 is 22.1 Å². The molecule has 0 aromatic heterocycles. The molecule has 2 aromatic carbocycles. The lowest BCUT2D eigenvalue weighted by Crippen LogP contribution is -2.37. The lowest BCUT2D eigenvalue weighted by atomic mass is 10.0. The van der Waals surface area contributed by atoms with E-state index in [4.69, 9.17) is 14.2 Å². The summed E-state index contributed by atoms with van der Waals surface area (Å²) in [6, 6.07) is 10.0. The highest BCUT2D eigenvalue weighted by Crippen LogP contribution is 2.43. The van der Waals surface area contributed by atoms with E-state index in [1.807, 2.05) is 0 Å². The van der Waals surface area contributed by atoms with Crippen LogP contribution < -0.4 is 19.1 Å². The van der Waals surface area contributed by atoms with Crippen molar-refractivity contribution < 1.29 is 32.2 Å². The van der Waals surface area contributed by atoms with Crippen LogP contribution in [0.5, 0.6) is 11.5 Å². The van der Waals surface area contributed by atoms with Gasteiger partial charge in [0.2, 0.25) is 15.9 Å². The molecule has 0 radical (unpaired) electrons. The Balaban J connectivity index is 1.50. The zero-order valence-corrected chi connectivity index (χ0v) is 18.6. The number of esters is 1. The Labute approximate surface area is 186 Å². The molecule has 32 heavy (non-hydrogen) atoms. The average molecular weight is 461 g/mol. The van der Waals surface area contributed by atoms with Gasteiger partial charge < -0.3 is 19.5 Å². The van der Waals surface area contributed by atoms with Crippen LogP contribution in [-0.2, 0) is 19.6 Å². The van der Waals surface area contributed by atoms with Gasteiger partial charge in [-0.25, -0.2) is 13.2 Å². The number of carbonyl (C=O) groups excluding carboxylic acids is 2. The van der Waals surface area contributed by atoms with Crippen LogP contribution in [0.2, 0.25) is 0 Å². The van der Waals surface area contributed by atoms with Gasteiger partial charge in [0, 0.05) is 17.8 Å². The van der Waals surface area contributed by atoms with E-state index >= 15 is 0 Å². The van der Waals surface area contributed by atoms with Crippen molar-refractivity contribution in [2.24, 2.45) is 0 Å². The van der Waals surface area contributed by atoms with Crippen LogP contribution in [-0.4, -0.2) is 46.8 Å². The summed E-state index contributed by atoms with van der Waals surface area (Å²) in [4.78, 5) is 25.1. The van der Waals surface area contributed by atoms with Gasteiger partial charge in [-0.3, -0.25) is 9.10 Å². The van der Waals surface area contributed by atoms with Crippen LogP contribution in [0.25, 0.3) is 0 Å². The maximum atomic E-state index is 12.7. The molecular formula is C22H24N2O7S. The van der Waals surface area contributed by atoms with E-state index in [0.717, 1.165) is 6.42 Å². The predicted molar refractivity (Wildman–Crippen MR) is 118 cm³/mol. The van der Waals surface area contributed by atoms with E-state index in [9.17, 15) is 18.0 Å². The first-order valence-electron chi connectivity index (χ1n) is 10.2. The second-order valence-electron chi connectivity index (χ2n) is 7.56. The van der Waals surface area contributed by atoms with Gasteiger partial charge in [-0.1, -0.05) is 12.1 Å². The van der Waals surface area contributed by atoms with Crippen LogP contribution in [0.1, 0.15) is 41.3 Å². The Hall–Kier alpha value is -3.27. The molecule has 2 aliphatic heterocycles. The summed E-state index contributed by atoms with van der Waals surface area (Å²) in [6.45, 7) is 0.417. The number of hydrogen-bond acceptors (Lipinski definition) is 7. The number of carbonyl (C=O) groups is 2. The topological polar surface area (TPSA) is 111 Å². The highest BCUT2D eigenvalue weighted by atomic mass is 32.2. The van der Waals surface area contributed by atoms with Gasteiger partial charge in [0.1, 0.15) is 11.7 Å². The number of cyclic esters (lactones) is 1. The van der Waals surface area contributed by atoms with Crippen molar-refractivity contribution in [3.05, 3.63) is 47.5 Å². The Kier molecular flexibility index (Phi) is 5.96. The molecular weight excluding hydrogens is 436 g/mol. The number of anilines is 2. The third-order valence-electron chi connectivity index (χ3n) is 5.52. The van der Waals surface area contributed by atoms with Crippen LogP contribution in [0, 0.1) is 0 Å². The average Bonchev–Trinajstić information content (AvgIpc) is 3.08. The highest BCUT2D eigenvalue weighted by Gasteiger charge is 2.37. The first-order valence-corrected chi connectivity index (χ1v) is 11.8. The largest absolute Gasteiger partial charge is 0.493 e. The molecule has 1 saturated heterocycles. The molecule has 0 bridgehead atoms. The maximum Gasteiger partial charge on any atom is 0.343 e. The van der Waals surface area contributed by atoms with E-state index in [2.05, 4.69) is 5.32 Å². The summed E-state index contributed by atoms with van der Waals surface area (Å²) in [5.41, 5.74) is 1.78. The molecule has 2 aliphatic rings. The normalized spacial score (nSPS) is 19.1. The minimum Gasteiger partial charge on any atom is -0.493 e. The minimum absolute atomic E-state index is 0.0968. The Bertz CT molecular complexity index is 1160. The fourth-order valence-electron chi connectivity index (χ4n) is 4.02. The van der Waals surface area contributed by atoms with Gasteiger partial charge in [-0.05, 0) is 37.1 Å². The van der Waals surface area contributed by atoms with Crippen molar-refractivity contribution in [1.29, 1.82) is 0 Å². The SMILES string of the molecule is COc1ccc2c(c1OC)C(=O)O[C@@H]2CC(=O)Nc1cccc(N2CCCCS2(=O)=O)c1. The molecule has 2 heterocycles. The predicted octanol–water partition coefficient (Wildman–Crippen LogP) is 2.87. The summed E-state index contributed by atoms with van der Waals surface area (Å²) in [6.07, 6.45) is 0.577. The molecule has 4 rings (SSSR count). The smallest absolute Gasteiger partial charge is 0.343 e. The summed E-state index contributed by atoms with van der Waals surface area (Å²) in [7, 11) is -0.449. The number of benzene rings is 2. The Morgan fingerprint density at radius 1 is 1.19 bits per heavy atom. The van der Waals surface area contributed by atoms with Gasteiger partial charge in [-0.2, -0.15) is 0 Å². The van der Waals surface area contributed by atoms with Crippen molar-refractivity contribution in [3.8, 4) is 11.5 Å². The standard InChI is InChI=1S/C22H24N2O7S/c1-29-17-9-8-16-18(31-22(26)20(16)21(17)30-2)13-19(25)23-14-6-5-7-15(12-14)24-10-3-4-11-32(24,27)28/h5-9,12,18H,3-4,10-11,13H2,1-2H3,(H,23,25)/t18-/m1/s1. The number of nitrogens with one attached hydrogen (secondary N) is 1. The molecule has 0 unspecified atom stereocenters. The van der Waals surface area contributed by atoms with Crippen molar-refractivity contribution in [2.75, 3.05) is 36.1 Å². The second kappa shape index (κ2) is 8.70. The van der Waals surface area contributed by atoms with Crippen LogP contribution in [0.3, 0.4) is 0 Å². The number of amides is 1. The zero-order valence-electron chi connectivity index (χ0n) is 17.8. The van der Waals surface area contributed by atoms with E-state index in [0.29, 0.717) is 35.7 Å².